The van der Waals surface area contributed by atoms with Crippen LogP contribution in [0.15, 0.2) is 60.7 Å². The van der Waals surface area contributed by atoms with Crippen LogP contribution in [0.3, 0.4) is 0 Å². The molecular weight excluding hydrogens is 430 g/mol. The van der Waals surface area contributed by atoms with Gasteiger partial charge >= 0.3 is 12.1 Å². The molecule has 0 aliphatic rings. The number of hydrogen-bond donors (Lipinski definition) is 4. The third-order valence-corrected chi connectivity index (χ3v) is 4.35. The third kappa shape index (κ3) is 9.83. The zero-order chi connectivity index (χ0) is 24.1. The minimum absolute atomic E-state index is 0.0103. The van der Waals surface area contributed by atoms with Gasteiger partial charge in [0.1, 0.15) is 25.8 Å². The van der Waals surface area contributed by atoms with Crippen LogP contribution in [-0.2, 0) is 37.1 Å². The van der Waals surface area contributed by atoms with E-state index in [-0.39, 0.29) is 19.8 Å². The van der Waals surface area contributed by atoms with Crippen LogP contribution in [0.1, 0.15) is 18.1 Å². The molecule has 0 saturated heterocycles. The largest absolute Gasteiger partial charge is 0.460 e. The minimum atomic E-state index is -1.34. The van der Waals surface area contributed by atoms with E-state index >= 15 is 0 Å². The lowest BCUT2D eigenvalue weighted by Gasteiger charge is -2.20. The molecule has 10 nitrogen and oxygen atoms in total. The van der Waals surface area contributed by atoms with Crippen LogP contribution in [0.4, 0.5) is 4.79 Å². The van der Waals surface area contributed by atoms with Gasteiger partial charge < -0.3 is 30.5 Å². The lowest BCUT2D eigenvalue weighted by atomic mass is 10.1. The van der Waals surface area contributed by atoms with Crippen molar-refractivity contribution in [1.29, 1.82) is 0 Å². The lowest BCUT2D eigenvalue weighted by molar-refractivity contribution is -0.145. The molecule has 176 valence electrons. The molecule has 0 spiro atoms. The molecule has 0 fully saturated rings. The highest BCUT2D eigenvalue weighted by Gasteiger charge is 2.26. The average Bonchev–Trinajstić information content (AvgIpc) is 2.83. The highest BCUT2D eigenvalue weighted by molar-refractivity contribution is 5.90. The molecule has 2 aromatic rings. The summed E-state index contributed by atoms with van der Waals surface area (Å²) in [4.78, 5) is 47.9. The van der Waals surface area contributed by atoms with Crippen molar-refractivity contribution in [2.24, 2.45) is 0 Å². The van der Waals surface area contributed by atoms with E-state index in [2.05, 4.69) is 16.0 Å². The number of benzene rings is 2. The minimum Gasteiger partial charge on any atom is -0.460 e. The zero-order valence-corrected chi connectivity index (χ0v) is 18.2. The molecular formula is C23H27N3O7. The molecule has 0 radical (unpaired) electrons. The van der Waals surface area contributed by atoms with E-state index in [0.717, 1.165) is 11.1 Å². The van der Waals surface area contributed by atoms with Crippen LogP contribution in [0, 0.1) is 0 Å². The highest BCUT2D eigenvalue weighted by atomic mass is 16.5. The predicted molar refractivity (Wildman–Crippen MR) is 117 cm³/mol. The Bertz CT molecular complexity index is 920. The summed E-state index contributed by atoms with van der Waals surface area (Å²) in [6.45, 7) is 0.544. The first kappa shape index (κ1) is 25.3. The highest BCUT2D eigenvalue weighted by Crippen LogP contribution is 2.02. The second-order valence-electron chi connectivity index (χ2n) is 7.07. The SMILES string of the molecule is CC(O)C(NC(=O)OCc1ccccc1)C(=O)NCC(=O)NCC(=O)OCc1ccccc1. The Labute approximate surface area is 191 Å². The van der Waals surface area contributed by atoms with Crippen molar-refractivity contribution in [3.8, 4) is 0 Å². The van der Waals surface area contributed by atoms with Crippen LogP contribution < -0.4 is 16.0 Å². The number of alkyl carbamates (subject to hydrolysis) is 1. The molecule has 33 heavy (non-hydrogen) atoms. The standard InChI is InChI=1S/C23H27N3O7/c1-16(27)21(26-23(31)33-15-18-10-6-3-7-11-18)22(30)25-12-19(28)24-13-20(29)32-14-17-8-4-2-5-9-17/h2-11,16,21,27H,12-15H2,1H3,(H,24,28)(H,25,30)(H,26,31). The number of esters is 1. The maximum atomic E-state index is 12.3. The number of nitrogens with one attached hydrogen (secondary N) is 3. The van der Waals surface area contributed by atoms with E-state index in [1.807, 2.05) is 24.3 Å². The van der Waals surface area contributed by atoms with Crippen molar-refractivity contribution in [1.82, 2.24) is 16.0 Å². The number of carbonyl (C=O) groups is 4. The van der Waals surface area contributed by atoms with Crippen LogP contribution in [0.25, 0.3) is 0 Å². The van der Waals surface area contributed by atoms with Crippen LogP contribution >= 0.6 is 0 Å². The summed E-state index contributed by atoms with van der Waals surface area (Å²) in [5.74, 6) is -2.07. The van der Waals surface area contributed by atoms with Gasteiger partial charge in [0.15, 0.2) is 0 Å². The average molecular weight is 457 g/mol. The molecule has 0 saturated carbocycles. The molecule has 2 unspecified atom stereocenters. The number of carbonyl (C=O) groups excluding carboxylic acids is 4. The van der Waals surface area contributed by atoms with Gasteiger partial charge in [-0.15, -0.1) is 0 Å². The molecule has 0 aromatic heterocycles. The number of hydrogen-bond acceptors (Lipinski definition) is 7. The van der Waals surface area contributed by atoms with Gasteiger partial charge in [-0.2, -0.15) is 0 Å². The second kappa shape index (κ2) is 13.5. The molecule has 3 amide bonds. The van der Waals surface area contributed by atoms with Crippen molar-refractivity contribution < 1.29 is 33.8 Å². The normalized spacial score (nSPS) is 12.1. The molecule has 0 aliphatic carbocycles. The van der Waals surface area contributed by atoms with Gasteiger partial charge in [-0.1, -0.05) is 60.7 Å². The molecule has 10 heteroatoms. The maximum Gasteiger partial charge on any atom is 0.408 e. The number of aliphatic hydroxyl groups is 1. The first-order valence-corrected chi connectivity index (χ1v) is 10.2. The fourth-order valence-electron chi connectivity index (χ4n) is 2.60. The first-order valence-electron chi connectivity index (χ1n) is 10.2. The fraction of sp³-hybridized carbons (Fsp3) is 0.304. The Morgan fingerprint density at radius 1 is 0.818 bits per heavy atom. The molecule has 2 aromatic carbocycles. The first-order chi connectivity index (χ1) is 15.8. The van der Waals surface area contributed by atoms with Crippen molar-refractivity contribution in [2.75, 3.05) is 13.1 Å². The molecule has 2 atom stereocenters. The van der Waals surface area contributed by atoms with Crippen LogP contribution in [0.5, 0.6) is 0 Å². The molecule has 0 heterocycles. The van der Waals surface area contributed by atoms with Gasteiger partial charge in [0.05, 0.1) is 12.6 Å². The zero-order valence-electron chi connectivity index (χ0n) is 18.2. The maximum absolute atomic E-state index is 12.3. The number of rotatable bonds is 11. The molecule has 4 N–H and O–H groups in total. The van der Waals surface area contributed by atoms with E-state index < -0.39 is 42.6 Å². The quantitative estimate of drug-likeness (QED) is 0.363. The summed E-state index contributed by atoms with van der Waals surface area (Å²) in [5, 5.41) is 16.7. The van der Waals surface area contributed by atoms with E-state index in [9.17, 15) is 24.3 Å². The Hall–Kier alpha value is -3.92. The predicted octanol–water partition coefficient (Wildman–Crippen LogP) is 0.638. The topological polar surface area (TPSA) is 143 Å². The number of ether oxygens (including phenoxy) is 2. The summed E-state index contributed by atoms with van der Waals surface area (Å²) in [6, 6.07) is 16.6. The van der Waals surface area contributed by atoms with E-state index in [1.165, 1.54) is 6.92 Å². The lowest BCUT2D eigenvalue weighted by Crippen LogP contribution is -2.54. The number of amides is 3. The van der Waals surface area contributed by atoms with Gasteiger partial charge in [-0.25, -0.2) is 4.79 Å². The summed E-state index contributed by atoms with van der Waals surface area (Å²) in [5.41, 5.74) is 1.56. The Balaban J connectivity index is 1.69. The molecule has 0 aliphatic heterocycles. The number of aliphatic hydroxyl groups excluding tert-OH is 1. The van der Waals surface area contributed by atoms with Crippen molar-refractivity contribution in [3.05, 3.63) is 71.8 Å². The van der Waals surface area contributed by atoms with E-state index in [0.29, 0.717) is 0 Å². The van der Waals surface area contributed by atoms with Gasteiger partial charge in [-0.05, 0) is 18.1 Å². The Kier molecular flexibility index (Phi) is 10.4. The van der Waals surface area contributed by atoms with Crippen molar-refractivity contribution in [2.45, 2.75) is 32.3 Å². The van der Waals surface area contributed by atoms with Crippen LogP contribution in [0.2, 0.25) is 0 Å². The summed E-state index contributed by atoms with van der Waals surface area (Å²) >= 11 is 0. The Morgan fingerprint density at radius 3 is 1.91 bits per heavy atom. The van der Waals surface area contributed by atoms with Gasteiger partial charge in [0.2, 0.25) is 11.8 Å². The van der Waals surface area contributed by atoms with Crippen LogP contribution in [-0.4, -0.2) is 54.2 Å². The smallest absolute Gasteiger partial charge is 0.408 e. The van der Waals surface area contributed by atoms with Gasteiger partial charge in [0.25, 0.3) is 0 Å². The molecule has 0 bridgehead atoms. The molecule has 2 rings (SSSR count). The van der Waals surface area contributed by atoms with Crippen molar-refractivity contribution in [3.63, 3.8) is 0 Å². The van der Waals surface area contributed by atoms with Crippen molar-refractivity contribution >= 4 is 23.9 Å². The monoisotopic (exact) mass is 457 g/mol. The fourth-order valence-corrected chi connectivity index (χ4v) is 2.60. The summed E-state index contributed by atoms with van der Waals surface area (Å²) in [6.07, 6.45) is -2.14. The van der Waals surface area contributed by atoms with Gasteiger partial charge in [-0.3, -0.25) is 14.4 Å². The third-order valence-electron chi connectivity index (χ3n) is 4.35. The van der Waals surface area contributed by atoms with E-state index in [4.69, 9.17) is 9.47 Å². The second-order valence-corrected chi connectivity index (χ2v) is 7.07. The van der Waals surface area contributed by atoms with Gasteiger partial charge in [0, 0.05) is 0 Å². The summed E-state index contributed by atoms with van der Waals surface area (Å²) in [7, 11) is 0. The Morgan fingerprint density at radius 2 is 1.36 bits per heavy atom. The van der Waals surface area contributed by atoms with E-state index in [1.54, 1.807) is 36.4 Å². The summed E-state index contributed by atoms with van der Waals surface area (Å²) < 4.78 is 10.1.